The van der Waals surface area contributed by atoms with Crippen molar-refractivity contribution in [3.63, 3.8) is 0 Å². The van der Waals surface area contributed by atoms with Gasteiger partial charge in [-0.25, -0.2) is 0 Å². The molecule has 0 unspecified atom stereocenters. The highest BCUT2D eigenvalue weighted by Crippen LogP contribution is 2.19. The highest BCUT2D eigenvalue weighted by Gasteiger charge is 2.04. The summed E-state index contributed by atoms with van der Waals surface area (Å²) in [5.41, 5.74) is 2.47. The maximum atomic E-state index is 10.4. The molecule has 90 valence electrons. The van der Waals surface area contributed by atoms with Gasteiger partial charge in [0, 0.05) is 24.2 Å². The summed E-state index contributed by atoms with van der Waals surface area (Å²) >= 11 is 0. The second-order valence-corrected chi connectivity index (χ2v) is 4.35. The molecule has 0 aliphatic rings. The molecule has 0 atom stereocenters. The van der Waals surface area contributed by atoms with Crippen LogP contribution in [0, 0.1) is 6.92 Å². The van der Waals surface area contributed by atoms with E-state index in [9.17, 15) is 4.79 Å². The van der Waals surface area contributed by atoms with Crippen molar-refractivity contribution in [3.8, 4) is 0 Å². The Balaban J connectivity index is 2.07. The minimum Gasteiger partial charge on any atom is -0.481 e. The predicted molar refractivity (Wildman–Crippen MR) is 68.2 cm³/mol. The molecule has 0 amide bonds. The standard InChI is InChI=1S/C14H17NO2/c1-11-10-12-6-2-3-7-13(12)15(11)9-5-4-8-14(16)17/h2-3,6-7,10H,4-5,8-9H2,1H3,(H,16,17). The molecular formula is C14H17NO2. The Morgan fingerprint density at radius 2 is 2.06 bits per heavy atom. The van der Waals surface area contributed by atoms with E-state index in [1.54, 1.807) is 0 Å². The van der Waals surface area contributed by atoms with Gasteiger partial charge in [0.25, 0.3) is 0 Å². The lowest BCUT2D eigenvalue weighted by molar-refractivity contribution is -0.137. The fourth-order valence-corrected chi connectivity index (χ4v) is 2.19. The lowest BCUT2D eigenvalue weighted by Crippen LogP contribution is -2.01. The summed E-state index contributed by atoms with van der Waals surface area (Å²) < 4.78 is 2.26. The van der Waals surface area contributed by atoms with E-state index in [4.69, 9.17) is 5.11 Å². The minimum atomic E-state index is -0.709. The van der Waals surface area contributed by atoms with E-state index in [0.717, 1.165) is 19.4 Å². The summed E-state index contributed by atoms with van der Waals surface area (Å²) in [6.07, 6.45) is 1.91. The molecule has 0 saturated heterocycles. The summed E-state index contributed by atoms with van der Waals surface area (Å²) in [4.78, 5) is 10.4. The van der Waals surface area contributed by atoms with Crippen molar-refractivity contribution >= 4 is 16.9 Å². The number of hydrogen-bond donors (Lipinski definition) is 1. The van der Waals surface area contributed by atoms with Crippen LogP contribution in [-0.4, -0.2) is 15.6 Å². The first kappa shape index (κ1) is 11.7. The first-order valence-electron chi connectivity index (χ1n) is 5.95. The maximum absolute atomic E-state index is 10.4. The largest absolute Gasteiger partial charge is 0.481 e. The van der Waals surface area contributed by atoms with E-state index in [2.05, 4.69) is 29.7 Å². The van der Waals surface area contributed by atoms with Crippen molar-refractivity contribution in [2.75, 3.05) is 0 Å². The molecule has 0 radical (unpaired) electrons. The number of carboxylic acids is 1. The Morgan fingerprint density at radius 3 is 2.82 bits per heavy atom. The van der Waals surface area contributed by atoms with Gasteiger partial charge in [0.2, 0.25) is 0 Å². The van der Waals surface area contributed by atoms with Crippen LogP contribution in [0.25, 0.3) is 10.9 Å². The highest BCUT2D eigenvalue weighted by atomic mass is 16.4. The van der Waals surface area contributed by atoms with Gasteiger partial charge in [-0.05, 0) is 37.3 Å². The molecule has 3 heteroatoms. The molecule has 1 heterocycles. The second kappa shape index (κ2) is 5.04. The van der Waals surface area contributed by atoms with Crippen LogP contribution >= 0.6 is 0 Å². The number of carbonyl (C=O) groups is 1. The van der Waals surface area contributed by atoms with Crippen LogP contribution in [0.2, 0.25) is 0 Å². The molecule has 0 saturated carbocycles. The number of unbranched alkanes of at least 4 members (excludes halogenated alkanes) is 1. The average Bonchev–Trinajstić information content (AvgIpc) is 2.60. The number of rotatable bonds is 5. The zero-order valence-electron chi connectivity index (χ0n) is 10.0. The Morgan fingerprint density at radius 1 is 1.29 bits per heavy atom. The first-order chi connectivity index (χ1) is 8.18. The first-order valence-corrected chi connectivity index (χ1v) is 5.95. The number of nitrogens with zero attached hydrogens (tertiary/aromatic N) is 1. The number of para-hydroxylation sites is 1. The number of aliphatic carboxylic acids is 1. The zero-order valence-corrected chi connectivity index (χ0v) is 10.0. The second-order valence-electron chi connectivity index (χ2n) is 4.35. The van der Waals surface area contributed by atoms with Crippen LogP contribution in [-0.2, 0) is 11.3 Å². The molecule has 0 spiro atoms. The van der Waals surface area contributed by atoms with Crippen molar-refractivity contribution in [3.05, 3.63) is 36.0 Å². The normalized spacial score (nSPS) is 10.9. The Labute approximate surface area is 101 Å². The van der Waals surface area contributed by atoms with Crippen molar-refractivity contribution in [2.45, 2.75) is 32.7 Å². The topological polar surface area (TPSA) is 42.2 Å². The monoisotopic (exact) mass is 231 g/mol. The molecule has 0 fully saturated rings. The quantitative estimate of drug-likeness (QED) is 0.803. The van der Waals surface area contributed by atoms with E-state index >= 15 is 0 Å². The van der Waals surface area contributed by atoms with E-state index in [1.807, 2.05) is 12.1 Å². The summed E-state index contributed by atoms with van der Waals surface area (Å²) in [6, 6.07) is 10.5. The van der Waals surface area contributed by atoms with Gasteiger partial charge in [-0.15, -0.1) is 0 Å². The number of fused-ring (bicyclic) bond motifs is 1. The molecule has 17 heavy (non-hydrogen) atoms. The average molecular weight is 231 g/mol. The SMILES string of the molecule is Cc1cc2ccccc2n1CCCCC(=O)O. The molecule has 2 rings (SSSR count). The number of aromatic nitrogens is 1. The van der Waals surface area contributed by atoms with Crippen LogP contribution in [0.4, 0.5) is 0 Å². The summed E-state index contributed by atoms with van der Waals surface area (Å²) in [7, 11) is 0. The van der Waals surface area contributed by atoms with Gasteiger partial charge in [-0.2, -0.15) is 0 Å². The summed E-state index contributed by atoms with van der Waals surface area (Å²) in [5, 5.41) is 9.84. The Hall–Kier alpha value is -1.77. The van der Waals surface area contributed by atoms with Crippen LogP contribution in [0.15, 0.2) is 30.3 Å². The predicted octanol–water partition coefficient (Wildman–Crippen LogP) is 3.20. The van der Waals surface area contributed by atoms with Gasteiger partial charge in [-0.1, -0.05) is 18.2 Å². The lowest BCUT2D eigenvalue weighted by atomic mass is 10.2. The third kappa shape index (κ3) is 2.67. The lowest BCUT2D eigenvalue weighted by Gasteiger charge is -2.07. The fourth-order valence-electron chi connectivity index (χ4n) is 2.19. The van der Waals surface area contributed by atoms with Gasteiger partial charge in [0.05, 0.1) is 0 Å². The van der Waals surface area contributed by atoms with E-state index in [1.165, 1.54) is 16.6 Å². The Bertz CT molecular complexity index is 528. The summed E-state index contributed by atoms with van der Waals surface area (Å²) in [6.45, 7) is 2.99. The van der Waals surface area contributed by atoms with Crippen molar-refractivity contribution in [1.82, 2.24) is 4.57 Å². The van der Waals surface area contributed by atoms with Gasteiger partial charge in [0.1, 0.15) is 0 Å². The molecule has 1 aromatic heterocycles. The van der Waals surface area contributed by atoms with Gasteiger partial charge in [-0.3, -0.25) is 4.79 Å². The molecule has 1 aromatic carbocycles. The zero-order chi connectivity index (χ0) is 12.3. The third-order valence-corrected chi connectivity index (χ3v) is 3.04. The van der Waals surface area contributed by atoms with E-state index in [-0.39, 0.29) is 6.42 Å². The number of carboxylic acid groups (broad SMARTS) is 1. The molecule has 0 bridgehead atoms. The molecular weight excluding hydrogens is 214 g/mol. The highest BCUT2D eigenvalue weighted by molar-refractivity contribution is 5.81. The summed E-state index contributed by atoms with van der Waals surface area (Å²) in [5.74, 6) is -0.709. The number of hydrogen-bond acceptors (Lipinski definition) is 1. The number of benzene rings is 1. The van der Waals surface area contributed by atoms with E-state index in [0.29, 0.717) is 0 Å². The molecule has 0 aliphatic carbocycles. The molecule has 3 nitrogen and oxygen atoms in total. The van der Waals surface area contributed by atoms with Crippen LogP contribution in [0.3, 0.4) is 0 Å². The van der Waals surface area contributed by atoms with Gasteiger partial charge < -0.3 is 9.67 Å². The van der Waals surface area contributed by atoms with Crippen LogP contribution in [0.1, 0.15) is 25.0 Å². The molecule has 1 N–H and O–H groups in total. The van der Waals surface area contributed by atoms with E-state index < -0.39 is 5.97 Å². The van der Waals surface area contributed by atoms with Crippen LogP contribution in [0.5, 0.6) is 0 Å². The maximum Gasteiger partial charge on any atom is 0.303 e. The van der Waals surface area contributed by atoms with Gasteiger partial charge >= 0.3 is 5.97 Å². The molecule has 0 aliphatic heterocycles. The van der Waals surface area contributed by atoms with Gasteiger partial charge in [0.15, 0.2) is 0 Å². The van der Waals surface area contributed by atoms with Crippen LogP contribution < -0.4 is 0 Å². The Kier molecular flexibility index (Phi) is 3.47. The molecule has 2 aromatic rings. The minimum absolute atomic E-state index is 0.262. The third-order valence-electron chi connectivity index (χ3n) is 3.04. The van der Waals surface area contributed by atoms with Crippen molar-refractivity contribution in [2.24, 2.45) is 0 Å². The number of aryl methyl sites for hydroxylation is 2. The fraction of sp³-hybridized carbons (Fsp3) is 0.357. The smallest absolute Gasteiger partial charge is 0.303 e. The van der Waals surface area contributed by atoms with Crippen molar-refractivity contribution in [1.29, 1.82) is 0 Å². The van der Waals surface area contributed by atoms with Crippen molar-refractivity contribution < 1.29 is 9.90 Å².